The molecule has 0 radical (unpaired) electrons. The molecule has 1 aliphatic rings. The number of nitrogens with zero attached hydrogens (tertiary/aromatic N) is 1. The predicted molar refractivity (Wildman–Crippen MR) is 66.3 cm³/mol. The van der Waals surface area contributed by atoms with E-state index in [4.69, 9.17) is 10.8 Å². The number of halogens is 2. The minimum absolute atomic E-state index is 0.0116. The van der Waals surface area contributed by atoms with E-state index in [0.717, 1.165) is 12.8 Å². The first kappa shape index (κ1) is 13.2. The number of aliphatic hydroxyl groups is 1. The first-order valence-electron chi connectivity index (χ1n) is 6.20. The number of nitrogens with two attached hydrogens (primary N) is 1. The lowest BCUT2D eigenvalue weighted by Crippen LogP contribution is -2.37. The Morgan fingerprint density at radius 3 is 2.78 bits per heavy atom. The molecular weight excluding hydrogens is 238 g/mol. The molecule has 0 saturated carbocycles. The zero-order valence-electron chi connectivity index (χ0n) is 10.2. The normalized spacial score (nSPS) is 20.2. The molecule has 1 aliphatic heterocycles. The molecule has 18 heavy (non-hydrogen) atoms. The van der Waals surface area contributed by atoms with Crippen LogP contribution in [-0.4, -0.2) is 24.8 Å². The summed E-state index contributed by atoms with van der Waals surface area (Å²) in [4.78, 5) is 1.79. The average molecular weight is 256 g/mol. The van der Waals surface area contributed by atoms with E-state index in [9.17, 15) is 8.78 Å². The summed E-state index contributed by atoms with van der Waals surface area (Å²) in [7, 11) is 0. The van der Waals surface area contributed by atoms with Crippen LogP contribution in [0.4, 0.5) is 14.5 Å². The largest absolute Gasteiger partial charge is 0.396 e. The molecule has 1 fully saturated rings. The van der Waals surface area contributed by atoms with Gasteiger partial charge in [-0.05, 0) is 24.8 Å². The Balaban J connectivity index is 2.25. The van der Waals surface area contributed by atoms with Gasteiger partial charge in [0, 0.05) is 31.8 Å². The average Bonchev–Trinajstić information content (AvgIpc) is 2.42. The van der Waals surface area contributed by atoms with Crippen molar-refractivity contribution in [2.24, 2.45) is 11.7 Å². The maximum atomic E-state index is 13.9. The van der Waals surface area contributed by atoms with Crippen molar-refractivity contribution in [2.45, 2.75) is 19.4 Å². The predicted octanol–water partition coefficient (Wildman–Crippen LogP) is 1.63. The molecule has 1 saturated heterocycles. The summed E-state index contributed by atoms with van der Waals surface area (Å²) >= 11 is 0. The van der Waals surface area contributed by atoms with Crippen molar-refractivity contribution in [3.63, 3.8) is 0 Å². The van der Waals surface area contributed by atoms with Gasteiger partial charge in [-0.1, -0.05) is 6.07 Å². The molecule has 3 nitrogen and oxygen atoms in total. The second-order valence-electron chi connectivity index (χ2n) is 4.71. The Morgan fingerprint density at radius 2 is 2.11 bits per heavy atom. The Morgan fingerprint density at radius 1 is 1.33 bits per heavy atom. The molecule has 0 aliphatic carbocycles. The highest BCUT2D eigenvalue weighted by atomic mass is 19.2. The van der Waals surface area contributed by atoms with E-state index in [1.54, 1.807) is 11.0 Å². The fourth-order valence-corrected chi connectivity index (χ4v) is 2.41. The molecule has 1 heterocycles. The Bertz CT molecular complexity index is 426. The number of piperidine rings is 1. The summed E-state index contributed by atoms with van der Waals surface area (Å²) in [6.07, 6.45) is 1.81. The van der Waals surface area contributed by atoms with E-state index in [0.29, 0.717) is 13.1 Å². The van der Waals surface area contributed by atoms with E-state index < -0.39 is 11.6 Å². The lowest BCUT2D eigenvalue weighted by Gasteiger charge is -2.34. The summed E-state index contributed by atoms with van der Waals surface area (Å²) in [5.41, 5.74) is 5.79. The third kappa shape index (κ3) is 2.47. The zero-order chi connectivity index (χ0) is 13.1. The van der Waals surface area contributed by atoms with Crippen LogP contribution >= 0.6 is 0 Å². The molecule has 0 bridgehead atoms. The number of benzene rings is 1. The quantitative estimate of drug-likeness (QED) is 0.864. The summed E-state index contributed by atoms with van der Waals surface area (Å²) in [6, 6.07) is 3.09. The number of hydrogen-bond acceptors (Lipinski definition) is 3. The van der Waals surface area contributed by atoms with Gasteiger partial charge < -0.3 is 15.7 Å². The highest BCUT2D eigenvalue weighted by Gasteiger charge is 2.23. The first-order valence-corrected chi connectivity index (χ1v) is 6.20. The second kappa shape index (κ2) is 5.63. The van der Waals surface area contributed by atoms with Crippen LogP contribution in [-0.2, 0) is 6.54 Å². The molecule has 3 N–H and O–H groups in total. The summed E-state index contributed by atoms with van der Waals surface area (Å²) < 4.78 is 27.6. The van der Waals surface area contributed by atoms with E-state index in [1.165, 1.54) is 6.07 Å². The van der Waals surface area contributed by atoms with Crippen molar-refractivity contribution in [1.29, 1.82) is 0 Å². The number of anilines is 1. The van der Waals surface area contributed by atoms with Crippen LogP contribution in [0.2, 0.25) is 0 Å². The van der Waals surface area contributed by atoms with Gasteiger partial charge in [-0.2, -0.15) is 0 Å². The van der Waals surface area contributed by atoms with Gasteiger partial charge >= 0.3 is 0 Å². The zero-order valence-corrected chi connectivity index (χ0v) is 10.2. The van der Waals surface area contributed by atoms with Gasteiger partial charge in [0.15, 0.2) is 11.6 Å². The fourth-order valence-electron chi connectivity index (χ4n) is 2.41. The van der Waals surface area contributed by atoms with Gasteiger partial charge in [0.2, 0.25) is 0 Å². The molecule has 1 unspecified atom stereocenters. The second-order valence-corrected chi connectivity index (χ2v) is 4.71. The summed E-state index contributed by atoms with van der Waals surface area (Å²) in [5.74, 6) is -1.56. The van der Waals surface area contributed by atoms with Crippen LogP contribution in [0.1, 0.15) is 18.4 Å². The van der Waals surface area contributed by atoms with Crippen LogP contribution in [0.3, 0.4) is 0 Å². The van der Waals surface area contributed by atoms with Gasteiger partial charge in [-0.15, -0.1) is 0 Å². The lowest BCUT2D eigenvalue weighted by atomic mass is 9.98. The van der Waals surface area contributed by atoms with Gasteiger partial charge in [-0.25, -0.2) is 8.78 Å². The van der Waals surface area contributed by atoms with E-state index in [2.05, 4.69) is 0 Å². The smallest absolute Gasteiger partial charge is 0.182 e. The molecule has 1 aromatic rings. The van der Waals surface area contributed by atoms with Gasteiger partial charge in [-0.3, -0.25) is 0 Å². The number of rotatable bonds is 3. The Hall–Kier alpha value is -1.20. The molecular formula is C13H18F2N2O. The molecule has 2 rings (SSSR count). The summed E-state index contributed by atoms with van der Waals surface area (Å²) in [6.45, 7) is 1.33. The van der Waals surface area contributed by atoms with E-state index in [1.807, 2.05) is 0 Å². The third-order valence-electron chi connectivity index (χ3n) is 3.48. The maximum Gasteiger partial charge on any atom is 0.182 e. The van der Waals surface area contributed by atoms with E-state index >= 15 is 0 Å². The lowest BCUT2D eigenvalue weighted by molar-refractivity contribution is 0.208. The molecule has 1 atom stereocenters. The van der Waals surface area contributed by atoms with Crippen molar-refractivity contribution in [2.75, 3.05) is 24.6 Å². The number of aliphatic hydroxyl groups excluding tert-OH is 1. The molecule has 5 heteroatoms. The van der Waals surface area contributed by atoms with Crippen LogP contribution in [0, 0.1) is 17.6 Å². The van der Waals surface area contributed by atoms with Crippen molar-refractivity contribution < 1.29 is 13.9 Å². The first-order chi connectivity index (χ1) is 8.67. The summed E-state index contributed by atoms with van der Waals surface area (Å²) in [5, 5.41) is 9.15. The van der Waals surface area contributed by atoms with Gasteiger partial charge in [0.05, 0.1) is 5.69 Å². The van der Waals surface area contributed by atoms with Crippen LogP contribution in [0.25, 0.3) is 0 Å². The minimum atomic E-state index is -0.860. The van der Waals surface area contributed by atoms with Gasteiger partial charge in [0.1, 0.15) is 0 Å². The maximum absolute atomic E-state index is 13.9. The molecule has 0 amide bonds. The highest BCUT2D eigenvalue weighted by Crippen LogP contribution is 2.28. The molecule has 0 spiro atoms. The van der Waals surface area contributed by atoms with Crippen LogP contribution in [0.15, 0.2) is 12.1 Å². The topological polar surface area (TPSA) is 49.5 Å². The van der Waals surface area contributed by atoms with Crippen molar-refractivity contribution in [3.8, 4) is 0 Å². The highest BCUT2D eigenvalue weighted by molar-refractivity contribution is 5.50. The van der Waals surface area contributed by atoms with E-state index in [-0.39, 0.29) is 30.3 Å². The van der Waals surface area contributed by atoms with Crippen molar-refractivity contribution in [3.05, 3.63) is 29.3 Å². The fraction of sp³-hybridized carbons (Fsp3) is 0.538. The SMILES string of the molecule is NCc1ccc(N2CCCC(CO)C2)c(F)c1F. The molecule has 100 valence electrons. The van der Waals surface area contributed by atoms with Crippen LogP contribution < -0.4 is 10.6 Å². The number of hydrogen-bond donors (Lipinski definition) is 2. The van der Waals surface area contributed by atoms with Crippen molar-refractivity contribution >= 4 is 5.69 Å². The van der Waals surface area contributed by atoms with Crippen molar-refractivity contribution in [1.82, 2.24) is 0 Å². The monoisotopic (exact) mass is 256 g/mol. The molecule has 0 aromatic heterocycles. The standard InChI is InChI=1S/C13H18F2N2O/c14-12-10(6-16)3-4-11(13(12)15)17-5-1-2-9(7-17)8-18/h3-4,9,18H,1-2,5-8,16H2. The third-order valence-corrected chi connectivity index (χ3v) is 3.48. The Kier molecular flexibility index (Phi) is 4.14. The van der Waals surface area contributed by atoms with Crippen LogP contribution in [0.5, 0.6) is 0 Å². The Labute approximate surface area is 105 Å². The molecule has 1 aromatic carbocycles. The van der Waals surface area contributed by atoms with Gasteiger partial charge in [0.25, 0.3) is 0 Å². The minimum Gasteiger partial charge on any atom is -0.396 e.